The lowest BCUT2D eigenvalue weighted by molar-refractivity contribution is 0.205. The molecule has 1 fully saturated rings. The van der Waals surface area contributed by atoms with Crippen molar-refractivity contribution in [3.05, 3.63) is 30.0 Å². The van der Waals surface area contributed by atoms with Crippen molar-refractivity contribution < 1.29 is 9.47 Å². The van der Waals surface area contributed by atoms with Crippen LogP contribution in [0, 0.1) is 13.8 Å². The second-order valence-electron chi connectivity index (χ2n) is 5.29. The maximum atomic E-state index is 5.82. The van der Waals surface area contributed by atoms with E-state index in [0.29, 0.717) is 11.8 Å². The quantitative estimate of drug-likeness (QED) is 0.848. The largest absolute Gasteiger partial charge is 0.494 e. The Balaban J connectivity index is 1.64. The van der Waals surface area contributed by atoms with E-state index in [1.54, 1.807) is 19.5 Å². The fraction of sp³-hybridized carbons (Fsp3) is 0.467. The van der Waals surface area contributed by atoms with Crippen molar-refractivity contribution in [2.24, 2.45) is 0 Å². The Morgan fingerprint density at radius 2 is 1.95 bits per heavy atom. The molecule has 0 saturated carbocycles. The topological polar surface area (TPSA) is 73.3 Å². The molecule has 7 nitrogen and oxygen atoms in total. The Kier molecular flexibility index (Phi) is 4.04. The van der Waals surface area contributed by atoms with Crippen molar-refractivity contribution in [2.75, 3.05) is 25.1 Å². The molecule has 1 saturated heterocycles. The van der Waals surface area contributed by atoms with Crippen molar-refractivity contribution in [3.63, 3.8) is 0 Å². The van der Waals surface area contributed by atoms with Crippen molar-refractivity contribution in [1.29, 1.82) is 0 Å². The molecule has 0 N–H and O–H groups in total. The molecule has 0 spiro atoms. The molecular weight excluding hydrogens is 282 g/mol. The number of anilines is 1. The minimum absolute atomic E-state index is 0.0592. The molecule has 3 heterocycles. The van der Waals surface area contributed by atoms with Crippen LogP contribution in [0.4, 0.5) is 5.82 Å². The predicted octanol–water partition coefficient (Wildman–Crippen LogP) is 1.55. The summed E-state index contributed by atoms with van der Waals surface area (Å²) in [5, 5.41) is 0. The van der Waals surface area contributed by atoms with Crippen molar-refractivity contribution >= 4 is 5.82 Å². The zero-order chi connectivity index (χ0) is 15.5. The molecule has 0 bridgehead atoms. The zero-order valence-electron chi connectivity index (χ0n) is 13.0. The zero-order valence-corrected chi connectivity index (χ0v) is 13.0. The van der Waals surface area contributed by atoms with Gasteiger partial charge in [0.1, 0.15) is 17.7 Å². The first-order valence-corrected chi connectivity index (χ1v) is 7.24. The normalized spacial score (nSPS) is 17.6. The van der Waals surface area contributed by atoms with Crippen LogP contribution >= 0.6 is 0 Å². The van der Waals surface area contributed by atoms with E-state index in [1.165, 1.54) is 0 Å². The Bertz CT molecular complexity index is 627. The van der Waals surface area contributed by atoms with Crippen LogP contribution in [0.15, 0.2) is 18.5 Å². The highest BCUT2D eigenvalue weighted by Gasteiger charge is 2.26. The maximum Gasteiger partial charge on any atom is 0.316 e. The first-order valence-electron chi connectivity index (χ1n) is 7.24. The number of hydrogen-bond acceptors (Lipinski definition) is 7. The van der Waals surface area contributed by atoms with E-state index < -0.39 is 0 Å². The molecular formula is C15H19N5O2. The summed E-state index contributed by atoms with van der Waals surface area (Å²) in [7, 11) is 1.58. The number of rotatable bonds is 4. The summed E-state index contributed by atoms with van der Waals surface area (Å²) in [6.45, 7) is 5.56. The third-order valence-corrected chi connectivity index (χ3v) is 3.53. The van der Waals surface area contributed by atoms with Gasteiger partial charge in [-0.15, -0.1) is 0 Å². The lowest BCUT2D eigenvalue weighted by Crippen LogP contribution is -2.26. The second-order valence-corrected chi connectivity index (χ2v) is 5.29. The monoisotopic (exact) mass is 301 g/mol. The van der Waals surface area contributed by atoms with Gasteiger partial charge in [0.25, 0.3) is 0 Å². The summed E-state index contributed by atoms with van der Waals surface area (Å²) in [4.78, 5) is 19.3. The van der Waals surface area contributed by atoms with Gasteiger partial charge in [0.2, 0.25) is 0 Å². The van der Waals surface area contributed by atoms with E-state index >= 15 is 0 Å². The van der Waals surface area contributed by atoms with Crippen LogP contribution < -0.4 is 14.4 Å². The van der Waals surface area contributed by atoms with Gasteiger partial charge in [-0.25, -0.2) is 9.97 Å². The number of ether oxygens (including phenoxy) is 2. The lowest BCUT2D eigenvalue weighted by Gasteiger charge is -2.18. The Morgan fingerprint density at radius 1 is 1.18 bits per heavy atom. The van der Waals surface area contributed by atoms with Gasteiger partial charge in [-0.05, 0) is 13.8 Å². The molecule has 2 aromatic heterocycles. The highest BCUT2D eigenvalue weighted by molar-refractivity contribution is 5.41. The van der Waals surface area contributed by atoms with E-state index in [-0.39, 0.29) is 6.10 Å². The highest BCUT2D eigenvalue weighted by Crippen LogP contribution is 2.21. The molecule has 0 amide bonds. The fourth-order valence-electron chi connectivity index (χ4n) is 2.51. The minimum Gasteiger partial charge on any atom is -0.494 e. The van der Waals surface area contributed by atoms with Crippen LogP contribution in [0.2, 0.25) is 0 Å². The van der Waals surface area contributed by atoms with Crippen LogP contribution in [-0.4, -0.2) is 46.2 Å². The van der Waals surface area contributed by atoms with Crippen LogP contribution in [0.5, 0.6) is 11.8 Å². The molecule has 7 heteroatoms. The van der Waals surface area contributed by atoms with Gasteiger partial charge in [-0.2, -0.15) is 9.97 Å². The van der Waals surface area contributed by atoms with E-state index in [2.05, 4.69) is 24.8 Å². The fourth-order valence-corrected chi connectivity index (χ4v) is 2.51. The molecule has 0 aliphatic carbocycles. The number of hydrogen-bond donors (Lipinski definition) is 0. The number of nitrogens with zero attached hydrogens (tertiary/aromatic N) is 5. The van der Waals surface area contributed by atoms with Gasteiger partial charge in [0.15, 0.2) is 5.75 Å². The molecule has 1 unspecified atom stereocenters. The van der Waals surface area contributed by atoms with Crippen molar-refractivity contribution in [1.82, 2.24) is 19.9 Å². The first-order chi connectivity index (χ1) is 10.6. The molecule has 0 aromatic carbocycles. The third-order valence-electron chi connectivity index (χ3n) is 3.53. The molecule has 3 rings (SSSR count). The average molecular weight is 301 g/mol. The summed E-state index contributed by atoms with van der Waals surface area (Å²) in [5.74, 6) is 2.36. The Labute approximate surface area is 129 Å². The van der Waals surface area contributed by atoms with E-state index in [0.717, 1.165) is 36.8 Å². The van der Waals surface area contributed by atoms with Crippen LogP contribution in [0.1, 0.15) is 17.9 Å². The van der Waals surface area contributed by atoms with E-state index in [4.69, 9.17) is 9.47 Å². The SMILES string of the molecule is COc1cnc(OC2CCN(c3cc(C)nc(C)n3)C2)nc1. The number of aryl methyl sites for hydroxylation is 2. The van der Waals surface area contributed by atoms with E-state index in [9.17, 15) is 0 Å². The predicted molar refractivity (Wildman–Crippen MR) is 81.3 cm³/mol. The second kappa shape index (κ2) is 6.13. The first kappa shape index (κ1) is 14.5. The molecule has 2 aromatic rings. The van der Waals surface area contributed by atoms with Gasteiger partial charge in [-0.3, -0.25) is 0 Å². The summed E-state index contributed by atoms with van der Waals surface area (Å²) in [6.07, 6.45) is 4.18. The Hall–Kier alpha value is -2.44. The molecule has 0 radical (unpaired) electrons. The molecule has 1 atom stereocenters. The number of aromatic nitrogens is 4. The minimum atomic E-state index is 0.0592. The lowest BCUT2D eigenvalue weighted by atomic mass is 10.3. The standard InChI is InChI=1S/C15H19N5O2/c1-10-6-14(19-11(2)18-10)20-5-4-12(9-20)22-15-16-7-13(21-3)8-17-15/h6-8,12H,4-5,9H2,1-3H3. The van der Waals surface area contributed by atoms with Crippen molar-refractivity contribution in [2.45, 2.75) is 26.4 Å². The molecule has 116 valence electrons. The summed E-state index contributed by atoms with van der Waals surface area (Å²) in [5.41, 5.74) is 0.977. The van der Waals surface area contributed by atoms with Gasteiger partial charge in [0.05, 0.1) is 26.0 Å². The Morgan fingerprint density at radius 3 is 2.64 bits per heavy atom. The average Bonchev–Trinajstić information content (AvgIpc) is 2.96. The van der Waals surface area contributed by atoms with Crippen LogP contribution in [0.25, 0.3) is 0 Å². The van der Waals surface area contributed by atoms with Crippen LogP contribution in [0.3, 0.4) is 0 Å². The number of methoxy groups -OCH3 is 1. The van der Waals surface area contributed by atoms with Crippen LogP contribution in [-0.2, 0) is 0 Å². The van der Waals surface area contributed by atoms with Gasteiger partial charge >= 0.3 is 6.01 Å². The summed E-state index contributed by atoms with van der Waals surface area (Å²) >= 11 is 0. The van der Waals surface area contributed by atoms with Gasteiger partial charge < -0.3 is 14.4 Å². The summed E-state index contributed by atoms with van der Waals surface area (Å²) in [6, 6.07) is 2.38. The smallest absolute Gasteiger partial charge is 0.316 e. The maximum absolute atomic E-state index is 5.82. The highest BCUT2D eigenvalue weighted by atomic mass is 16.5. The molecule has 1 aliphatic rings. The van der Waals surface area contributed by atoms with Gasteiger partial charge in [-0.1, -0.05) is 0 Å². The molecule has 22 heavy (non-hydrogen) atoms. The van der Waals surface area contributed by atoms with Crippen molar-refractivity contribution in [3.8, 4) is 11.8 Å². The van der Waals surface area contributed by atoms with Gasteiger partial charge in [0, 0.05) is 24.7 Å². The van der Waals surface area contributed by atoms with E-state index in [1.807, 2.05) is 19.9 Å². The summed E-state index contributed by atoms with van der Waals surface area (Å²) < 4.78 is 10.9. The third kappa shape index (κ3) is 3.24. The molecule has 1 aliphatic heterocycles.